The van der Waals surface area contributed by atoms with E-state index in [9.17, 15) is 4.79 Å². The van der Waals surface area contributed by atoms with E-state index in [0.29, 0.717) is 11.4 Å². The minimum atomic E-state index is -0.258. The first kappa shape index (κ1) is 12.8. The Bertz CT molecular complexity index is 381. The molecule has 0 radical (unpaired) electrons. The number of rotatable bonds is 2. The highest BCUT2D eigenvalue weighted by atomic mass is 79.9. The molecule has 0 aliphatic carbocycles. The Balaban J connectivity index is 2.85. The number of amides is 2. The summed E-state index contributed by atoms with van der Waals surface area (Å²) in [4.78, 5) is 11.5. The molecule has 1 aromatic carbocycles. The normalized spacial score (nSPS) is 10.3. The van der Waals surface area contributed by atoms with Gasteiger partial charge in [0.25, 0.3) is 0 Å². The lowest BCUT2D eigenvalue weighted by atomic mass is 10.2. The molecule has 0 heterocycles. The van der Waals surface area contributed by atoms with Crippen LogP contribution in [0, 0.1) is 6.92 Å². The molecule has 16 heavy (non-hydrogen) atoms. The molecule has 1 aromatic rings. The summed E-state index contributed by atoms with van der Waals surface area (Å²) < 4.78 is 0.781. The van der Waals surface area contributed by atoms with Crippen molar-refractivity contribution in [1.82, 2.24) is 5.32 Å². The SMILES string of the molecule is Cc1cc(N)c(NC(=O)NC(C)C)c(Br)c1. The van der Waals surface area contributed by atoms with Crippen LogP contribution in [0.4, 0.5) is 16.2 Å². The van der Waals surface area contributed by atoms with E-state index >= 15 is 0 Å². The second-order valence-electron chi connectivity index (χ2n) is 3.96. The molecule has 2 amide bonds. The van der Waals surface area contributed by atoms with Crippen LogP contribution in [0.5, 0.6) is 0 Å². The van der Waals surface area contributed by atoms with Gasteiger partial charge in [-0.1, -0.05) is 0 Å². The van der Waals surface area contributed by atoms with E-state index in [1.54, 1.807) is 0 Å². The summed E-state index contributed by atoms with van der Waals surface area (Å²) in [5.41, 5.74) is 8.02. The van der Waals surface area contributed by atoms with E-state index in [2.05, 4.69) is 26.6 Å². The van der Waals surface area contributed by atoms with Gasteiger partial charge in [-0.15, -0.1) is 0 Å². The minimum absolute atomic E-state index is 0.0884. The summed E-state index contributed by atoms with van der Waals surface area (Å²) in [6.07, 6.45) is 0. The maximum atomic E-state index is 11.5. The van der Waals surface area contributed by atoms with Gasteiger partial charge in [-0.25, -0.2) is 4.79 Å². The van der Waals surface area contributed by atoms with Crippen molar-refractivity contribution < 1.29 is 4.79 Å². The van der Waals surface area contributed by atoms with E-state index in [1.807, 2.05) is 32.9 Å². The number of hydrogen-bond acceptors (Lipinski definition) is 2. The lowest BCUT2D eigenvalue weighted by molar-refractivity contribution is 0.250. The Hall–Kier alpha value is -1.23. The maximum absolute atomic E-state index is 11.5. The molecule has 4 N–H and O–H groups in total. The number of halogens is 1. The number of carbonyl (C=O) groups excluding carboxylic acids is 1. The molecular weight excluding hydrogens is 270 g/mol. The highest BCUT2D eigenvalue weighted by Gasteiger charge is 2.09. The summed E-state index contributed by atoms with van der Waals surface area (Å²) >= 11 is 3.37. The number of carbonyl (C=O) groups is 1. The van der Waals surface area contributed by atoms with Gasteiger partial charge in [0.1, 0.15) is 0 Å². The molecular formula is C11H16BrN3O. The third-order valence-electron chi connectivity index (χ3n) is 1.92. The number of anilines is 2. The van der Waals surface area contributed by atoms with Crippen LogP contribution < -0.4 is 16.4 Å². The van der Waals surface area contributed by atoms with Crippen molar-refractivity contribution in [2.45, 2.75) is 26.8 Å². The Labute approximate surface area is 104 Å². The van der Waals surface area contributed by atoms with Crippen molar-refractivity contribution in [1.29, 1.82) is 0 Å². The second-order valence-corrected chi connectivity index (χ2v) is 4.82. The summed E-state index contributed by atoms with van der Waals surface area (Å²) in [5, 5.41) is 5.45. The maximum Gasteiger partial charge on any atom is 0.319 e. The number of aryl methyl sites for hydroxylation is 1. The molecule has 88 valence electrons. The number of hydrogen-bond donors (Lipinski definition) is 3. The van der Waals surface area contributed by atoms with Crippen LogP contribution in [-0.4, -0.2) is 12.1 Å². The molecule has 5 heteroatoms. The molecule has 0 saturated carbocycles. The first-order chi connectivity index (χ1) is 7.40. The zero-order valence-electron chi connectivity index (χ0n) is 9.60. The average Bonchev–Trinajstić information content (AvgIpc) is 2.09. The number of urea groups is 1. The summed E-state index contributed by atoms with van der Waals surface area (Å²) in [7, 11) is 0. The molecule has 0 aliphatic heterocycles. The Kier molecular flexibility index (Phi) is 4.18. The number of benzene rings is 1. The van der Waals surface area contributed by atoms with Crippen LogP contribution in [0.2, 0.25) is 0 Å². The summed E-state index contributed by atoms with van der Waals surface area (Å²) in [6, 6.07) is 3.55. The lowest BCUT2D eigenvalue weighted by Gasteiger charge is -2.13. The number of nitrogens with two attached hydrogens (primary N) is 1. The third-order valence-corrected chi connectivity index (χ3v) is 2.55. The van der Waals surface area contributed by atoms with Crippen LogP contribution in [0.15, 0.2) is 16.6 Å². The van der Waals surface area contributed by atoms with Crippen molar-refractivity contribution in [3.05, 3.63) is 22.2 Å². The van der Waals surface area contributed by atoms with Gasteiger partial charge < -0.3 is 16.4 Å². The van der Waals surface area contributed by atoms with Gasteiger partial charge in [-0.3, -0.25) is 0 Å². The predicted molar refractivity (Wildman–Crippen MR) is 70.6 cm³/mol. The molecule has 0 aliphatic rings. The summed E-state index contributed by atoms with van der Waals surface area (Å²) in [5.74, 6) is 0. The van der Waals surface area contributed by atoms with Crippen LogP contribution in [-0.2, 0) is 0 Å². The first-order valence-corrected chi connectivity index (χ1v) is 5.82. The lowest BCUT2D eigenvalue weighted by Crippen LogP contribution is -2.34. The number of nitrogens with one attached hydrogen (secondary N) is 2. The first-order valence-electron chi connectivity index (χ1n) is 5.03. The Morgan fingerprint density at radius 3 is 2.56 bits per heavy atom. The highest BCUT2D eigenvalue weighted by molar-refractivity contribution is 9.10. The van der Waals surface area contributed by atoms with Crippen molar-refractivity contribution in [3.63, 3.8) is 0 Å². The van der Waals surface area contributed by atoms with Gasteiger partial charge in [-0.2, -0.15) is 0 Å². The van der Waals surface area contributed by atoms with Gasteiger partial charge in [-0.05, 0) is 54.4 Å². The topological polar surface area (TPSA) is 67.1 Å². The smallest absolute Gasteiger partial charge is 0.319 e. The van der Waals surface area contributed by atoms with Gasteiger partial charge in [0.2, 0.25) is 0 Å². The fraction of sp³-hybridized carbons (Fsp3) is 0.364. The number of nitrogen functional groups attached to an aromatic ring is 1. The van der Waals surface area contributed by atoms with Crippen LogP contribution in [0.3, 0.4) is 0 Å². The van der Waals surface area contributed by atoms with Crippen molar-refractivity contribution in [2.75, 3.05) is 11.1 Å². The molecule has 0 aromatic heterocycles. The van der Waals surface area contributed by atoms with Gasteiger partial charge in [0.05, 0.1) is 11.4 Å². The largest absolute Gasteiger partial charge is 0.397 e. The molecule has 0 atom stereocenters. The molecule has 0 unspecified atom stereocenters. The van der Waals surface area contributed by atoms with E-state index in [4.69, 9.17) is 5.73 Å². The zero-order valence-corrected chi connectivity index (χ0v) is 11.2. The van der Waals surface area contributed by atoms with E-state index < -0.39 is 0 Å². The monoisotopic (exact) mass is 285 g/mol. The van der Waals surface area contributed by atoms with Crippen molar-refractivity contribution in [2.24, 2.45) is 0 Å². The molecule has 0 fully saturated rings. The van der Waals surface area contributed by atoms with E-state index in [-0.39, 0.29) is 12.1 Å². The van der Waals surface area contributed by atoms with Gasteiger partial charge >= 0.3 is 6.03 Å². The molecule has 4 nitrogen and oxygen atoms in total. The zero-order chi connectivity index (χ0) is 12.3. The van der Waals surface area contributed by atoms with Gasteiger partial charge in [0.15, 0.2) is 0 Å². The van der Waals surface area contributed by atoms with Crippen molar-refractivity contribution >= 4 is 33.3 Å². The van der Waals surface area contributed by atoms with Gasteiger partial charge in [0, 0.05) is 10.5 Å². The third kappa shape index (κ3) is 3.41. The Morgan fingerprint density at radius 1 is 1.44 bits per heavy atom. The quantitative estimate of drug-likeness (QED) is 0.732. The summed E-state index contributed by atoms with van der Waals surface area (Å²) in [6.45, 7) is 5.74. The predicted octanol–water partition coefficient (Wildman–Crippen LogP) is 2.87. The van der Waals surface area contributed by atoms with Crippen LogP contribution in [0.1, 0.15) is 19.4 Å². The standard InChI is InChI=1S/C11H16BrN3O/c1-6(2)14-11(16)15-10-8(12)4-7(3)5-9(10)13/h4-6H,13H2,1-3H3,(H2,14,15,16). The van der Waals surface area contributed by atoms with E-state index in [1.165, 1.54) is 0 Å². The minimum Gasteiger partial charge on any atom is -0.397 e. The molecule has 0 spiro atoms. The van der Waals surface area contributed by atoms with E-state index in [0.717, 1.165) is 10.0 Å². The average molecular weight is 286 g/mol. The Morgan fingerprint density at radius 2 is 2.06 bits per heavy atom. The molecule has 0 bridgehead atoms. The van der Waals surface area contributed by atoms with Crippen LogP contribution >= 0.6 is 15.9 Å². The highest BCUT2D eigenvalue weighted by Crippen LogP contribution is 2.30. The fourth-order valence-electron chi connectivity index (χ4n) is 1.31. The van der Waals surface area contributed by atoms with Crippen molar-refractivity contribution in [3.8, 4) is 0 Å². The fourth-order valence-corrected chi connectivity index (χ4v) is 2.00. The second kappa shape index (κ2) is 5.21. The molecule has 0 saturated heterocycles. The van der Waals surface area contributed by atoms with Crippen LogP contribution in [0.25, 0.3) is 0 Å². The molecule has 1 rings (SSSR count).